The number of rotatable bonds is 2. The van der Waals surface area contributed by atoms with Crippen LogP contribution in [-0.2, 0) is 6.54 Å². The van der Waals surface area contributed by atoms with E-state index in [1.54, 1.807) is 0 Å². The molecule has 0 saturated heterocycles. The summed E-state index contributed by atoms with van der Waals surface area (Å²) in [5, 5.41) is 10.2. The van der Waals surface area contributed by atoms with Crippen LogP contribution in [0.3, 0.4) is 0 Å². The highest BCUT2D eigenvalue weighted by molar-refractivity contribution is 5.25. The van der Waals surface area contributed by atoms with Gasteiger partial charge in [-0.05, 0) is 15.5 Å². The number of nitro groups is 1. The van der Waals surface area contributed by atoms with Gasteiger partial charge in [-0.15, -0.1) is 0 Å². The molecule has 0 amide bonds. The molecule has 5 nitrogen and oxygen atoms in total. The van der Waals surface area contributed by atoms with Crippen molar-refractivity contribution in [1.29, 1.82) is 0 Å². The third kappa shape index (κ3) is 1.73. The summed E-state index contributed by atoms with van der Waals surface area (Å²) in [5.74, 6) is -1.40. The van der Waals surface area contributed by atoms with Crippen molar-refractivity contribution in [2.24, 2.45) is 5.73 Å². The van der Waals surface area contributed by atoms with Gasteiger partial charge in [0, 0.05) is 18.7 Å². The van der Waals surface area contributed by atoms with E-state index in [1.165, 1.54) is 0 Å². The number of nitrogens with zero attached hydrogens (tertiary/aromatic N) is 2. The van der Waals surface area contributed by atoms with Crippen molar-refractivity contribution in [3.63, 3.8) is 0 Å². The largest absolute Gasteiger partial charge is 0.367 e. The first-order valence-corrected chi connectivity index (χ1v) is 3.14. The second kappa shape index (κ2) is 3.22. The Hall–Kier alpha value is -1.56. The van der Waals surface area contributed by atoms with Crippen LogP contribution in [0.4, 0.5) is 10.2 Å². The van der Waals surface area contributed by atoms with Crippen molar-refractivity contribution in [3.8, 4) is 0 Å². The molecule has 0 saturated carbocycles. The van der Waals surface area contributed by atoms with Gasteiger partial charge in [-0.1, -0.05) is 0 Å². The molecule has 0 fully saturated rings. The molecule has 1 aromatic heterocycles. The fourth-order valence-corrected chi connectivity index (χ4v) is 0.746. The zero-order valence-corrected chi connectivity index (χ0v) is 6.03. The standard InChI is InChI=1S/C6H6FN3O2/c7-5-1-4(3-8)2-6(9-5)10(11)12/h1-2H,3,8H2. The minimum atomic E-state index is -0.885. The molecule has 6 heteroatoms. The zero-order chi connectivity index (χ0) is 9.14. The van der Waals surface area contributed by atoms with E-state index in [9.17, 15) is 14.5 Å². The zero-order valence-electron chi connectivity index (χ0n) is 6.03. The molecule has 0 bridgehead atoms. The Morgan fingerprint density at radius 2 is 2.33 bits per heavy atom. The van der Waals surface area contributed by atoms with Gasteiger partial charge in [0.15, 0.2) is 0 Å². The average molecular weight is 171 g/mol. The molecule has 0 unspecified atom stereocenters. The van der Waals surface area contributed by atoms with Gasteiger partial charge in [0.2, 0.25) is 0 Å². The van der Waals surface area contributed by atoms with Gasteiger partial charge in [0.25, 0.3) is 0 Å². The maximum absolute atomic E-state index is 12.5. The van der Waals surface area contributed by atoms with Crippen LogP contribution in [0.5, 0.6) is 0 Å². The Morgan fingerprint density at radius 1 is 1.67 bits per heavy atom. The van der Waals surface area contributed by atoms with Gasteiger partial charge in [0.1, 0.15) is 0 Å². The first-order valence-electron chi connectivity index (χ1n) is 3.14. The Labute approximate surface area is 67.2 Å². The van der Waals surface area contributed by atoms with Crippen molar-refractivity contribution in [3.05, 3.63) is 33.8 Å². The maximum atomic E-state index is 12.5. The second-order valence-corrected chi connectivity index (χ2v) is 2.12. The van der Waals surface area contributed by atoms with Crippen molar-refractivity contribution < 1.29 is 9.31 Å². The third-order valence-corrected chi connectivity index (χ3v) is 1.26. The van der Waals surface area contributed by atoms with Crippen molar-refractivity contribution in [2.75, 3.05) is 0 Å². The monoisotopic (exact) mass is 171 g/mol. The van der Waals surface area contributed by atoms with Gasteiger partial charge in [-0.3, -0.25) is 0 Å². The van der Waals surface area contributed by atoms with E-state index in [1.807, 2.05) is 0 Å². The van der Waals surface area contributed by atoms with Crippen molar-refractivity contribution in [1.82, 2.24) is 4.98 Å². The summed E-state index contributed by atoms with van der Waals surface area (Å²) in [6, 6.07) is 2.20. The van der Waals surface area contributed by atoms with Crippen LogP contribution < -0.4 is 5.73 Å². The van der Waals surface area contributed by atoms with E-state index in [0.717, 1.165) is 12.1 Å². The molecule has 64 valence electrons. The smallest absolute Gasteiger partial charge is 0.358 e. The van der Waals surface area contributed by atoms with E-state index in [4.69, 9.17) is 5.73 Å². The number of hydrogen-bond donors (Lipinski definition) is 1. The van der Waals surface area contributed by atoms with Crippen LogP contribution in [0.2, 0.25) is 0 Å². The number of halogens is 1. The predicted molar refractivity (Wildman–Crippen MR) is 38.7 cm³/mol. The summed E-state index contributed by atoms with van der Waals surface area (Å²) in [5.41, 5.74) is 5.53. The average Bonchev–Trinajstić information content (AvgIpc) is 2.03. The lowest BCUT2D eigenvalue weighted by molar-refractivity contribution is -0.390. The van der Waals surface area contributed by atoms with Crippen LogP contribution in [-0.4, -0.2) is 9.91 Å². The highest BCUT2D eigenvalue weighted by Gasteiger charge is 2.11. The van der Waals surface area contributed by atoms with Crippen molar-refractivity contribution in [2.45, 2.75) is 6.54 Å². The molecule has 1 rings (SSSR count). The lowest BCUT2D eigenvalue weighted by Crippen LogP contribution is -2.01. The van der Waals surface area contributed by atoms with E-state index < -0.39 is 16.7 Å². The lowest BCUT2D eigenvalue weighted by atomic mass is 10.2. The summed E-state index contributed by atoms with van der Waals surface area (Å²) < 4.78 is 12.5. The minimum Gasteiger partial charge on any atom is -0.358 e. The summed E-state index contributed by atoms with van der Waals surface area (Å²) in [4.78, 5) is 12.5. The van der Waals surface area contributed by atoms with Crippen LogP contribution in [0.1, 0.15) is 5.56 Å². The molecule has 0 radical (unpaired) electrons. The quantitative estimate of drug-likeness (QED) is 0.401. The highest BCUT2D eigenvalue weighted by Crippen LogP contribution is 2.10. The molecule has 2 N–H and O–H groups in total. The molecular formula is C6H6FN3O2. The first-order chi connectivity index (χ1) is 5.63. The topological polar surface area (TPSA) is 82.0 Å². The van der Waals surface area contributed by atoms with Crippen LogP contribution in [0, 0.1) is 16.1 Å². The Balaban J connectivity index is 3.15. The van der Waals surface area contributed by atoms with E-state index in [0.29, 0.717) is 5.56 Å². The predicted octanol–water partition coefficient (Wildman–Crippen LogP) is 0.588. The Bertz CT molecular complexity index is 316. The summed E-state index contributed by atoms with van der Waals surface area (Å²) in [6.07, 6.45) is 0. The first kappa shape index (κ1) is 8.54. The van der Waals surface area contributed by atoms with E-state index in [2.05, 4.69) is 4.98 Å². The van der Waals surface area contributed by atoms with E-state index in [-0.39, 0.29) is 6.54 Å². The van der Waals surface area contributed by atoms with Gasteiger partial charge in [0.05, 0.1) is 0 Å². The SMILES string of the molecule is NCc1cc(F)nc([N+](=O)[O-])c1. The molecular weight excluding hydrogens is 165 g/mol. The number of aromatic nitrogens is 1. The Morgan fingerprint density at radius 3 is 2.83 bits per heavy atom. The number of nitrogens with two attached hydrogens (primary N) is 1. The summed E-state index contributed by atoms with van der Waals surface area (Å²) >= 11 is 0. The molecule has 0 spiro atoms. The molecule has 12 heavy (non-hydrogen) atoms. The van der Waals surface area contributed by atoms with Crippen molar-refractivity contribution >= 4 is 5.82 Å². The second-order valence-electron chi connectivity index (χ2n) is 2.12. The molecule has 0 aliphatic rings. The molecule has 0 aromatic carbocycles. The van der Waals surface area contributed by atoms with Gasteiger partial charge < -0.3 is 15.8 Å². The number of hydrogen-bond acceptors (Lipinski definition) is 4. The molecule has 1 aromatic rings. The van der Waals surface area contributed by atoms with Crippen LogP contribution in [0.25, 0.3) is 0 Å². The molecule has 0 aliphatic carbocycles. The lowest BCUT2D eigenvalue weighted by Gasteiger charge is -1.95. The molecule has 0 aliphatic heterocycles. The van der Waals surface area contributed by atoms with Gasteiger partial charge in [-0.25, -0.2) is 0 Å². The summed E-state index contributed by atoms with van der Waals surface area (Å²) in [6.45, 7) is 0.0558. The fourth-order valence-electron chi connectivity index (χ4n) is 0.746. The third-order valence-electron chi connectivity index (χ3n) is 1.26. The Kier molecular flexibility index (Phi) is 2.29. The van der Waals surface area contributed by atoms with Crippen LogP contribution >= 0.6 is 0 Å². The molecule has 0 atom stereocenters. The summed E-state index contributed by atoms with van der Waals surface area (Å²) in [7, 11) is 0. The van der Waals surface area contributed by atoms with E-state index >= 15 is 0 Å². The van der Waals surface area contributed by atoms with Gasteiger partial charge in [-0.2, -0.15) is 4.39 Å². The molecule has 1 heterocycles. The van der Waals surface area contributed by atoms with Gasteiger partial charge >= 0.3 is 11.8 Å². The normalized spacial score (nSPS) is 9.83. The minimum absolute atomic E-state index is 0.0558. The maximum Gasteiger partial charge on any atom is 0.367 e. The highest BCUT2D eigenvalue weighted by atomic mass is 19.1. The van der Waals surface area contributed by atoms with Crippen LogP contribution in [0.15, 0.2) is 12.1 Å². The number of pyridine rings is 1. The fraction of sp³-hybridized carbons (Fsp3) is 0.167.